The molecule has 3 rings (SSSR count). The van der Waals surface area contributed by atoms with Gasteiger partial charge in [-0.3, -0.25) is 19.3 Å². The number of rotatable bonds is 4. The first kappa shape index (κ1) is 18.3. The van der Waals surface area contributed by atoms with Crippen molar-refractivity contribution in [3.05, 3.63) is 35.0 Å². The van der Waals surface area contributed by atoms with Gasteiger partial charge in [-0.2, -0.15) is 0 Å². The van der Waals surface area contributed by atoms with Crippen molar-refractivity contribution in [2.24, 2.45) is 0 Å². The number of anilines is 2. The highest BCUT2D eigenvalue weighted by molar-refractivity contribution is 7.94. The number of aryl methyl sites for hydroxylation is 1. The van der Waals surface area contributed by atoms with E-state index in [1.807, 2.05) is 0 Å². The monoisotopic (exact) mass is 394 g/mol. The van der Waals surface area contributed by atoms with E-state index in [-0.39, 0.29) is 10.1 Å². The number of thiazole rings is 1. The topological polar surface area (TPSA) is 99.7 Å². The predicted molar refractivity (Wildman–Crippen MR) is 99.0 cm³/mol. The van der Waals surface area contributed by atoms with Crippen LogP contribution in [0.5, 0.6) is 0 Å². The number of carbonyl (C=O) groups is 2. The summed E-state index contributed by atoms with van der Waals surface area (Å²) < 4.78 is 27.7. The van der Waals surface area contributed by atoms with E-state index < -0.39 is 16.1 Å². The van der Waals surface area contributed by atoms with Crippen LogP contribution in [0.3, 0.4) is 0 Å². The van der Waals surface area contributed by atoms with Crippen LogP contribution in [-0.2, 0) is 14.8 Å². The van der Waals surface area contributed by atoms with Gasteiger partial charge in [0, 0.05) is 20.0 Å². The number of nitrogens with zero attached hydrogens (tertiary/aromatic N) is 3. The van der Waals surface area contributed by atoms with E-state index in [9.17, 15) is 18.0 Å². The van der Waals surface area contributed by atoms with Gasteiger partial charge in [0.05, 0.1) is 22.6 Å². The Kier molecular flexibility index (Phi) is 4.72. The number of imide groups is 1. The van der Waals surface area contributed by atoms with E-state index in [1.54, 1.807) is 32.0 Å². The summed E-state index contributed by atoms with van der Waals surface area (Å²) in [5.41, 5.74) is 1.55. The zero-order valence-electron chi connectivity index (χ0n) is 14.5. The first-order chi connectivity index (χ1) is 12.2. The molecular formula is C16H18N4O4S2. The SMILES string of the molecule is CC(=O)N1CCN(c2cccc(NS(=O)(=O)c3cnc(C)s3)c2C)C1=O. The highest BCUT2D eigenvalue weighted by Gasteiger charge is 2.33. The largest absolute Gasteiger partial charge is 0.331 e. The molecule has 138 valence electrons. The first-order valence-corrected chi connectivity index (χ1v) is 10.1. The average Bonchev–Trinajstić information content (AvgIpc) is 3.16. The van der Waals surface area contributed by atoms with Crippen LogP contribution in [-0.4, -0.2) is 43.3 Å². The normalized spacial score (nSPS) is 14.8. The third kappa shape index (κ3) is 3.29. The summed E-state index contributed by atoms with van der Waals surface area (Å²) in [6.07, 6.45) is 1.32. The molecule has 0 bridgehead atoms. The molecule has 2 heterocycles. The average molecular weight is 394 g/mol. The van der Waals surface area contributed by atoms with Gasteiger partial charge >= 0.3 is 6.03 Å². The molecule has 1 aromatic heterocycles. The van der Waals surface area contributed by atoms with Gasteiger partial charge in [-0.15, -0.1) is 11.3 Å². The molecule has 0 radical (unpaired) electrons. The van der Waals surface area contributed by atoms with Crippen molar-refractivity contribution < 1.29 is 18.0 Å². The first-order valence-electron chi connectivity index (χ1n) is 7.85. The molecule has 0 spiro atoms. The van der Waals surface area contributed by atoms with Gasteiger partial charge in [0.25, 0.3) is 10.0 Å². The van der Waals surface area contributed by atoms with Crippen molar-refractivity contribution in [2.45, 2.75) is 25.0 Å². The van der Waals surface area contributed by atoms with Crippen molar-refractivity contribution in [3.63, 3.8) is 0 Å². The zero-order valence-corrected chi connectivity index (χ0v) is 16.1. The fraction of sp³-hybridized carbons (Fsp3) is 0.312. The van der Waals surface area contributed by atoms with Gasteiger partial charge in [-0.25, -0.2) is 18.2 Å². The van der Waals surface area contributed by atoms with E-state index in [4.69, 9.17) is 0 Å². The fourth-order valence-electron chi connectivity index (χ4n) is 2.74. The summed E-state index contributed by atoms with van der Waals surface area (Å²) in [4.78, 5) is 30.5. The standard InChI is InChI=1S/C16H18N4O4S2/c1-10-13(18-26(23,24)15-9-17-11(2)25-15)5-4-6-14(10)20-8-7-19(12(3)21)16(20)22/h4-6,9,18H,7-8H2,1-3H3. The molecule has 1 aliphatic heterocycles. The molecule has 8 nitrogen and oxygen atoms in total. The van der Waals surface area contributed by atoms with Gasteiger partial charge < -0.3 is 0 Å². The molecule has 1 saturated heterocycles. The van der Waals surface area contributed by atoms with Gasteiger partial charge in [-0.05, 0) is 31.5 Å². The van der Waals surface area contributed by atoms with E-state index in [0.29, 0.717) is 35.0 Å². The Morgan fingerprint density at radius 3 is 2.58 bits per heavy atom. The van der Waals surface area contributed by atoms with E-state index in [0.717, 1.165) is 16.2 Å². The Balaban J connectivity index is 1.91. The summed E-state index contributed by atoms with van der Waals surface area (Å²) in [5, 5.41) is 0.655. The second kappa shape index (κ2) is 6.69. The third-order valence-electron chi connectivity index (χ3n) is 4.09. The summed E-state index contributed by atoms with van der Waals surface area (Å²) in [6.45, 7) is 5.48. The number of hydrogen-bond acceptors (Lipinski definition) is 6. The Morgan fingerprint density at radius 1 is 1.27 bits per heavy atom. The maximum absolute atomic E-state index is 12.5. The van der Waals surface area contributed by atoms with Gasteiger partial charge in [0.2, 0.25) is 5.91 Å². The molecule has 1 aromatic carbocycles. The van der Waals surface area contributed by atoms with Crippen LogP contribution in [0.1, 0.15) is 17.5 Å². The highest BCUT2D eigenvalue weighted by Crippen LogP contribution is 2.31. The lowest BCUT2D eigenvalue weighted by Crippen LogP contribution is -2.35. The molecule has 10 heteroatoms. The van der Waals surface area contributed by atoms with Crippen LogP contribution in [0.2, 0.25) is 0 Å². The number of benzene rings is 1. The molecule has 26 heavy (non-hydrogen) atoms. The van der Waals surface area contributed by atoms with Crippen molar-refractivity contribution in [2.75, 3.05) is 22.7 Å². The van der Waals surface area contributed by atoms with Gasteiger partial charge in [0.1, 0.15) is 0 Å². The number of hydrogen-bond donors (Lipinski definition) is 1. The van der Waals surface area contributed by atoms with Crippen LogP contribution >= 0.6 is 11.3 Å². The van der Waals surface area contributed by atoms with Gasteiger partial charge in [-0.1, -0.05) is 6.07 Å². The van der Waals surface area contributed by atoms with Crippen LogP contribution in [0.4, 0.5) is 16.2 Å². The van der Waals surface area contributed by atoms with Crippen LogP contribution in [0.25, 0.3) is 0 Å². The second-order valence-corrected chi connectivity index (χ2v) is 9.00. The number of amides is 3. The summed E-state index contributed by atoms with van der Waals surface area (Å²) in [5.74, 6) is -0.312. The smallest absolute Gasteiger partial charge is 0.292 e. The molecule has 0 saturated carbocycles. The van der Waals surface area contributed by atoms with Crippen molar-refractivity contribution in [1.29, 1.82) is 0 Å². The maximum Gasteiger partial charge on any atom is 0.331 e. The Morgan fingerprint density at radius 2 is 2.00 bits per heavy atom. The molecule has 2 aromatic rings. The Bertz CT molecular complexity index is 984. The van der Waals surface area contributed by atoms with Crippen LogP contribution < -0.4 is 9.62 Å². The number of aromatic nitrogens is 1. The van der Waals surface area contributed by atoms with Crippen LogP contribution in [0.15, 0.2) is 28.6 Å². The fourth-order valence-corrected chi connectivity index (χ4v) is 4.97. The number of nitrogens with one attached hydrogen (secondary N) is 1. The summed E-state index contributed by atoms with van der Waals surface area (Å²) in [7, 11) is -3.75. The predicted octanol–water partition coefficient (Wildman–Crippen LogP) is 2.35. The minimum Gasteiger partial charge on any atom is -0.292 e. The number of urea groups is 1. The number of sulfonamides is 1. The summed E-state index contributed by atoms with van der Waals surface area (Å²) >= 11 is 1.08. The van der Waals surface area contributed by atoms with Gasteiger partial charge in [0.15, 0.2) is 4.21 Å². The zero-order chi connectivity index (χ0) is 19.1. The molecule has 0 atom stereocenters. The quantitative estimate of drug-likeness (QED) is 0.858. The third-order valence-corrected chi connectivity index (χ3v) is 6.83. The minimum absolute atomic E-state index is 0.125. The lowest BCUT2D eigenvalue weighted by Gasteiger charge is -2.20. The van der Waals surface area contributed by atoms with Crippen LogP contribution in [0, 0.1) is 13.8 Å². The molecular weight excluding hydrogens is 376 g/mol. The minimum atomic E-state index is -3.75. The molecule has 3 amide bonds. The van der Waals surface area contributed by atoms with E-state index >= 15 is 0 Å². The lowest BCUT2D eigenvalue weighted by molar-refractivity contribution is -0.125. The summed E-state index contributed by atoms with van der Waals surface area (Å²) in [6, 6.07) is 4.62. The number of carbonyl (C=O) groups excluding carboxylic acids is 2. The van der Waals surface area contributed by atoms with Crippen molar-refractivity contribution in [1.82, 2.24) is 9.88 Å². The van der Waals surface area contributed by atoms with E-state index in [1.165, 1.54) is 18.0 Å². The molecule has 1 N–H and O–H groups in total. The lowest BCUT2D eigenvalue weighted by atomic mass is 10.1. The van der Waals surface area contributed by atoms with Crippen molar-refractivity contribution in [3.8, 4) is 0 Å². The maximum atomic E-state index is 12.5. The molecule has 1 aliphatic rings. The molecule has 1 fully saturated rings. The molecule has 0 aliphatic carbocycles. The Hall–Kier alpha value is -2.46. The highest BCUT2D eigenvalue weighted by atomic mass is 32.2. The molecule has 0 unspecified atom stereocenters. The van der Waals surface area contributed by atoms with Crippen molar-refractivity contribution >= 4 is 44.7 Å². The Labute approximate surface area is 155 Å². The second-order valence-electron chi connectivity index (χ2n) is 5.86. The van der Waals surface area contributed by atoms with E-state index in [2.05, 4.69) is 9.71 Å².